The number of nitrogens with two attached hydrogens (primary N) is 1. The Morgan fingerprint density at radius 1 is 1.20 bits per heavy atom. The zero-order valence-electron chi connectivity index (χ0n) is 10.4. The molecule has 92 valence electrons. The second-order valence-corrected chi connectivity index (χ2v) is 6.47. The lowest BCUT2D eigenvalue weighted by atomic mass is 10.1. The van der Waals surface area contributed by atoms with Crippen molar-refractivity contribution in [3.05, 3.63) is 0 Å². The molecule has 0 rings (SSSR count). The summed E-state index contributed by atoms with van der Waals surface area (Å²) in [7, 11) is 4.21. The van der Waals surface area contributed by atoms with E-state index >= 15 is 0 Å². The van der Waals surface area contributed by atoms with Crippen LogP contribution >= 0.6 is 0 Å². The van der Waals surface area contributed by atoms with Crippen molar-refractivity contribution in [3.63, 3.8) is 0 Å². The van der Waals surface area contributed by atoms with E-state index in [4.69, 9.17) is 19.0 Å². The normalized spacial score (nSPS) is 16.4. The lowest BCUT2D eigenvalue weighted by Gasteiger charge is -2.31. The fourth-order valence-electron chi connectivity index (χ4n) is 1.52. The maximum atomic E-state index is 5.99. The Bertz CT molecular complexity index is 159. The fourth-order valence-corrected chi connectivity index (χ4v) is 3.57. The molecule has 0 heterocycles. The van der Waals surface area contributed by atoms with Crippen LogP contribution in [0.15, 0.2) is 0 Å². The number of hydrogen-bond donors (Lipinski definition) is 2. The van der Waals surface area contributed by atoms with Gasteiger partial charge in [0.05, 0.1) is 0 Å². The Morgan fingerprint density at radius 3 is 1.93 bits per heavy atom. The third-order valence-electron chi connectivity index (χ3n) is 2.76. The summed E-state index contributed by atoms with van der Waals surface area (Å²) in [5.41, 5.74) is 5.99. The van der Waals surface area contributed by atoms with Crippen LogP contribution in [0.3, 0.4) is 0 Å². The van der Waals surface area contributed by atoms with E-state index in [1.807, 2.05) is 7.05 Å². The van der Waals surface area contributed by atoms with E-state index in [0.717, 1.165) is 6.42 Å². The first-order valence-corrected chi connectivity index (χ1v) is 7.10. The van der Waals surface area contributed by atoms with Gasteiger partial charge in [-0.2, -0.15) is 0 Å². The number of hydrogen-bond acceptors (Lipinski definition) is 5. The summed E-state index contributed by atoms with van der Waals surface area (Å²) in [6.45, 7) is 2.06. The van der Waals surface area contributed by atoms with E-state index in [1.165, 1.54) is 0 Å². The zero-order valence-corrected chi connectivity index (χ0v) is 11.4. The monoisotopic (exact) mass is 236 g/mol. The zero-order chi connectivity index (χ0) is 11.9. The standard InChI is InChI=1S/C9H24N2O3Si/c1-6-8(10)9(11-2)7-15(12-3,13-4)14-5/h8-9,11H,6-7,10H2,1-5H3. The Kier molecular flexibility index (Phi) is 7.32. The van der Waals surface area contributed by atoms with Gasteiger partial charge in [0.25, 0.3) is 0 Å². The van der Waals surface area contributed by atoms with Crippen LogP contribution in [-0.4, -0.2) is 49.3 Å². The van der Waals surface area contributed by atoms with Gasteiger partial charge in [0, 0.05) is 39.5 Å². The molecule has 0 amide bonds. The predicted octanol–water partition coefficient (Wildman–Crippen LogP) is 0.190. The average Bonchev–Trinajstić information content (AvgIpc) is 2.31. The minimum Gasteiger partial charge on any atom is -0.377 e. The summed E-state index contributed by atoms with van der Waals surface area (Å²) >= 11 is 0. The summed E-state index contributed by atoms with van der Waals surface area (Å²) < 4.78 is 16.1. The molecule has 0 saturated carbocycles. The molecule has 5 nitrogen and oxygen atoms in total. The summed E-state index contributed by atoms with van der Waals surface area (Å²) in [5.74, 6) is 0. The molecule has 0 aliphatic heterocycles. The van der Waals surface area contributed by atoms with Gasteiger partial charge in [-0.1, -0.05) is 6.92 Å². The van der Waals surface area contributed by atoms with Crippen LogP contribution in [0.1, 0.15) is 13.3 Å². The number of likely N-dealkylation sites (N-methyl/N-ethyl adjacent to an activating group) is 1. The molecule has 0 aromatic carbocycles. The lowest BCUT2D eigenvalue weighted by molar-refractivity contribution is 0.119. The van der Waals surface area contributed by atoms with Crippen molar-refractivity contribution in [2.75, 3.05) is 28.4 Å². The van der Waals surface area contributed by atoms with Gasteiger partial charge in [0.1, 0.15) is 0 Å². The van der Waals surface area contributed by atoms with E-state index in [-0.39, 0.29) is 12.1 Å². The van der Waals surface area contributed by atoms with Crippen molar-refractivity contribution >= 4 is 8.80 Å². The molecule has 0 aromatic rings. The first kappa shape index (κ1) is 15.0. The minimum absolute atomic E-state index is 0.0855. The van der Waals surface area contributed by atoms with Crippen molar-refractivity contribution in [3.8, 4) is 0 Å². The minimum atomic E-state index is -2.52. The SMILES string of the molecule is CCC(N)C(C[Si](OC)(OC)OC)NC. The van der Waals surface area contributed by atoms with E-state index < -0.39 is 8.80 Å². The molecule has 0 spiro atoms. The van der Waals surface area contributed by atoms with Gasteiger partial charge in [-0.05, 0) is 13.5 Å². The molecule has 0 aliphatic carbocycles. The smallest absolute Gasteiger partial charge is 0.377 e. The van der Waals surface area contributed by atoms with Crippen LogP contribution in [0.2, 0.25) is 6.04 Å². The van der Waals surface area contributed by atoms with E-state index in [2.05, 4.69) is 12.2 Å². The number of nitrogens with one attached hydrogen (secondary N) is 1. The van der Waals surface area contributed by atoms with Crippen LogP contribution < -0.4 is 11.1 Å². The van der Waals surface area contributed by atoms with Gasteiger partial charge < -0.3 is 24.3 Å². The van der Waals surface area contributed by atoms with Crippen LogP contribution in [0, 0.1) is 0 Å². The molecular weight excluding hydrogens is 212 g/mol. The van der Waals surface area contributed by atoms with Gasteiger partial charge in [0.15, 0.2) is 0 Å². The van der Waals surface area contributed by atoms with Gasteiger partial charge in [-0.3, -0.25) is 0 Å². The Labute approximate surface area is 93.6 Å². The first-order chi connectivity index (χ1) is 7.09. The second-order valence-electron chi connectivity index (χ2n) is 3.47. The molecule has 0 saturated heterocycles. The van der Waals surface area contributed by atoms with E-state index in [0.29, 0.717) is 6.04 Å². The van der Waals surface area contributed by atoms with Gasteiger partial charge in [-0.15, -0.1) is 0 Å². The van der Waals surface area contributed by atoms with Crippen molar-refractivity contribution < 1.29 is 13.3 Å². The molecule has 15 heavy (non-hydrogen) atoms. The van der Waals surface area contributed by atoms with Crippen LogP contribution in [0.25, 0.3) is 0 Å². The quantitative estimate of drug-likeness (QED) is 0.589. The molecule has 6 heteroatoms. The third kappa shape index (κ3) is 4.18. The van der Waals surface area contributed by atoms with Crippen LogP contribution in [-0.2, 0) is 13.3 Å². The lowest BCUT2D eigenvalue weighted by Crippen LogP contribution is -2.53. The molecule has 0 radical (unpaired) electrons. The Balaban J connectivity index is 4.47. The Hall–Kier alpha value is 0.0169. The molecular formula is C9H24N2O3Si. The molecule has 2 unspecified atom stereocenters. The highest BCUT2D eigenvalue weighted by Gasteiger charge is 2.41. The maximum absolute atomic E-state index is 5.99. The fraction of sp³-hybridized carbons (Fsp3) is 1.00. The summed E-state index contributed by atoms with van der Waals surface area (Å²) in [6, 6.07) is 0.922. The topological polar surface area (TPSA) is 65.7 Å². The summed E-state index contributed by atoms with van der Waals surface area (Å²) in [6.07, 6.45) is 0.910. The average molecular weight is 236 g/mol. The molecule has 2 atom stereocenters. The van der Waals surface area contributed by atoms with Gasteiger partial charge in [-0.25, -0.2) is 0 Å². The number of rotatable bonds is 8. The van der Waals surface area contributed by atoms with E-state index in [1.54, 1.807) is 21.3 Å². The highest BCUT2D eigenvalue weighted by atomic mass is 28.4. The van der Waals surface area contributed by atoms with Crippen molar-refractivity contribution in [1.82, 2.24) is 5.32 Å². The summed E-state index contributed by atoms with van der Waals surface area (Å²) in [5, 5.41) is 3.18. The highest BCUT2D eigenvalue weighted by molar-refractivity contribution is 6.60. The second kappa shape index (κ2) is 7.32. The maximum Gasteiger partial charge on any atom is 0.501 e. The molecule has 0 aromatic heterocycles. The van der Waals surface area contributed by atoms with Crippen LogP contribution in [0.4, 0.5) is 0 Å². The van der Waals surface area contributed by atoms with Crippen molar-refractivity contribution in [1.29, 1.82) is 0 Å². The van der Waals surface area contributed by atoms with E-state index in [9.17, 15) is 0 Å². The van der Waals surface area contributed by atoms with Crippen molar-refractivity contribution in [2.45, 2.75) is 31.5 Å². The van der Waals surface area contributed by atoms with Gasteiger partial charge >= 0.3 is 8.80 Å². The first-order valence-electron chi connectivity index (χ1n) is 5.17. The van der Waals surface area contributed by atoms with Crippen molar-refractivity contribution in [2.24, 2.45) is 5.73 Å². The van der Waals surface area contributed by atoms with Gasteiger partial charge in [0.2, 0.25) is 0 Å². The van der Waals surface area contributed by atoms with Crippen LogP contribution in [0.5, 0.6) is 0 Å². The predicted molar refractivity (Wildman–Crippen MR) is 62.7 cm³/mol. The largest absolute Gasteiger partial charge is 0.501 e. The molecule has 3 N–H and O–H groups in total. The molecule has 0 aliphatic rings. The Morgan fingerprint density at radius 2 is 1.67 bits per heavy atom. The molecule has 0 bridgehead atoms. The third-order valence-corrected chi connectivity index (χ3v) is 5.57. The highest BCUT2D eigenvalue weighted by Crippen LogP contribution is 2.17. The summed E-state index contributed by atoms with van der Waals surface area (Å²) in [4.78, 5) is 0. The molecule has 0 fully saturated rings.